The van der Waals surface area contributed by atoms with Crippen molar-refractivity contribution in [1.29, 1.82) is 0 Å². The summed E-state index contributed by atoms with van der Waals surface area (Å²) in [7, 11) is 0. The Morgan fingerprint density at radius 1 is 1.05 bits per heavy atom. The summed E-state index contributed by atoms with van der Waals surface area (Å²) in [6, 6.07) is 6.42. The van der Waals surface area contributed by atoms with Crippen LogP contribution in [-0.4, -0.2) is 0 Å². The van der Waals surface area contributed by atoms with Gasteiger partial charge in [0, 0.05) is 28.8 Å². The van der Waals surface area contributed by atoms with Crippen molar-refractivity contribution in [2.45, 2.75) is 13.2 Å². The third-order valence-corrected chi connectivity index (χ3v) is 3.19. The van der Waals surface area contributed by atoms with Crippen LogP contribution in [0.3, 0.4) is 0 Å². The molecule has 0 spiro atoms. The first-order valence-electron chi connectivity index (χ1n) is 5.76. The lowest BCUT2D eigenvalue weighted by Crippen LogP contribution is -2.05. The fourth-order valence-electron chi connectivity index (χ4n) is 1.72. The predicted octanol–water partition coefficient (Wildman–Crippen LogP) is 4.31. The van der Waals surface area contributed by atoms with E-state index in [1.807, 2.05) is 0 Å². The van der Waals surface area contributed by atoms with Crippen molar-refractivity contribution in [1.82, 2.24) is 0 Å². The van der Waals surface area contributed by atoms with Crippen LogP contribution in [0.15, 0.2) is 30.3 Å². The molecule has 0 saturated carbocycles. The minimum absolute atomic E-state index is 0.0829. The Balaban J connectivity index is 2.22. The molecule has 20 heavy (non-hydrogen) atoms. The van der Waals surface area contributed by atoms with Crippen molar-refractivity contribution in [2.24, 2.45) is 5.73 Å². The molecular formula is C14H11Cl2F2NO. The van der Waals surface area contributed by atoms with E-state index in [0.717, 1.165) is 12.1 Å². The summed E-state index contributed by atoms with van der Waals surface area (Å²) in [6.07, 6.45) is 0. The quantitative estimate of drug-likeness (QED) is 0.912. The van der Waals surface area contributed by atoms with Gasteiger partial charge >= 0.3 is 0 Å². The van der Waals surface area contributed by atoms with E-state index in [0.29, 0.717) is 21.4 Å². The molecule has 0 amide bonds. The van der Waals surface area contributed by atoms with Crippen LogP contribution in [0.2, 0.25) is 10.0 Å². The van der Waals surface area contributed by atoms with Crippen LogP contribution >= 0.6 is 23.2 Å². The maximum Gasteiger partial charge on any atom is 0.142 e. The molecule has 0 aliphatic heterocycles. The summed E-state index contributed by atoms with van der Waals surface area (Å²) in [5, 5.41) is 0.733. The van der Waals surface area contributed by atoms with Gasteiger partial charge in [-0.1, -0.05) is 23.2 Å². The van der Waals surface area contributed by atoms with E-state index >= 15 is 0 Å². The standard InChI is InChI=1S/C14H11Cl2F2NO/c15-10-3-9(6-19)14(12(16)4-10)20-7-8-1-2-11(17)5-13(8)18/h1-5H,6-7,19H2. The Labute approximate surface area is 125 Å². The van der Waals surface area contributed by atoms with Gasteiger partial charge in [-0.25, -0.2) is 8.78 Å². The van der Waals surface area contributed by atoms with Gasteiger partial charge in [-0.15, -0.1) is 0 Å². The Morgan fingerprint density at radius 3 is 2.45 bits per heavy atom. The fourth-order valence-corrected chi connectivity index (χ4v) is 2.31. The molecule has 0 bridgehead atoms. The van der Waals surface area contributed by atoms with E-state index in [2.05, 4.69) is 0 Å². The first kappa shape index (κ1) is 15.0. The summed E-state index contributed by atoms with van der Waals surface area (Å²) in [5.74, 6) is -0.968. The molecule has 0 aliphatic rings. The Morgan fingerprint density at radius 2 is 1.80 bits per heavy atom. The van der Waals surface area contributed by atoms with Crippen molar-refractivity contribution in [3.8, 4) is 5.75 Å². The Kier molecular flexibility index (Phi) is 4.81. The molecule has 0 aliphatic carbocycles. The minimum Gasteiger partial charge on any atom is -0.487 e. The smallest absolute Gasteiger partial charge is 0.142 e. The maximum absolute atomic E-state index is 13.5. The highest BCUT2D eigenvalue weighted by atomic mass is 35.5. The molecule has 0 heterocycles. The lowest BCUT2D eigenvalue weighted by Gasteiger charge is -2.13. The highest BCUT2D eigenvalue weighted by Crippen LogP contribution is 2.33. The third kappa shape index (κ3) is 3.39. The van der Waals surface area contributed by atoms with Crippen molar-refractivity contribution in [3.63, 3.8) is 0 Å². The molecule has 2 N–H and O–H groups in total. The SMILES string of the molecule is NCc1cc(Cl)cc(Cl)c1OCc1ccc(F)cc1F. The normalized spacial score (nSPS) is 10.7. The lowest BCUT2D eigenvalue weighted by molar-refractivity contribution is 0.296. The molecule has 106 valence electrons. The zero-order chi connectivity index (χ0) is 14.7. The van der Waals surface area contributed by atoms with E-state index in [-0.39, 0.29) is 18.7 Å². The first-order valence-corrected chi connectivity index (χ1v) is 6.51. The number of ether oxygens (including phenoxy) is 1. The van der Waals surface area contributed by atoms with Gasteiger partial charge < -0.3 is 10.5 Å². The van der Waals surface area contributed by atoms with E-state index < -0.39 is 11.6 Å². The van der Waals surface area contributed by atoms with Crippen LogP contribution < -0.4 is 10.5 Å². The molecule has 6 heteroatoms. The van der Waals surface area contributed by atoms with Gasteiger partial charge in [-0.2, -0.15) is 0 Å². The third-order valence-electron chi connectivity index (χ3n) is 2.69. The van der Waals surface area contributed by atoms with Crippen molar-refractivity contribution < 1.29 is 13.5 Å². The number of hydrogen-bond acceptors (Lipinski definition) is 2. The number of nitrogens with two attached hydrogens (primary N) is 1. The van der Waals surface area contributed by atoms with Crippen LogP contribution in [-0.2, 0) is 13.2 Å². The minimum atomic E-state index is -0.676. The van der Waals surface area contributed by atoms with Gasteiger partial charge in [0.05, 0.1) is 5.02 Å². The molecule has 0 fully saturated rings. The lowest BCUT2D eigenvalue weighted by atomic mass is 10.2. The molecule has 0 saturated heterocycles. The Bertz CT molecular complexity index is 635. The van der Waals surface area contributed by atoms with Crippen molar-refractivity contribution in [2.75, 3.05) is 0 Å². The van der Waals surface area contributed by atoms with E-state index in [1.54, 1.807) is 6.07 Å². The molecule has 0 atom stereocenters. The summed E-state index contributed by atoms with van der Waals surface area (Å²) < 4.78 is 31.8. The van der Waals surface area contributed by atoms with Crippen LogP contribution in [0, 0.1) is 11.6 Å². The highest BCUT2D eigenvalue weighted by molar-refractivity contribution is 6.35. The number of hydrogen-bond donors (Lipinski definition) is 1. The summed E-state index contributed by atoms with van der Waals surface area (Å²) >= 11 is 11.9. The van der Waals surface area contributed by atoms with E-state index in [4.69, 9.17) is 33.7 Å². The van der Waals surface area contributed by atoms with Gasteiger partial charge in [-0.05, 0) is 24.3 Å². The van der Waals surface area contributed by atoms with E-state index in [1.165, 1.54) is 12.1 Å². The largest absolute Gasteiger partial charge is 0.487 e. The van der Waals surface area contributed by atoms with Gasteiger partial charge in [-0.3, -0.25) is 0 Å². The average Bonchev–Trinajstić information content (AvgIpc) is 2.38. The van der Waals surface area contributed by atoms with Crippen LogP contribution in [0.5, 0.6) is 5.75 Å². The zero-order valence-electron chi connectivity index (χ0n) is 10.3. The average molecular weight is 318 g/mol. The molecule has 2 aromatic rings. The zero-order valence-corrected chi connectivity index (χ0v) is 11.8. The van der Waals surface area contributed by atoms with E-state index in [9.17, 15) is 8.78 Å². The van der Waals surface area contributed by atoms with Gasteiger partial charge in [0.2, 0.25) is 0 Å². The number of benzene rings is 2. The van der Waals surface area contributed by atoms with Gasteiger partial charge in [0.1, 0.15) is 24.0 Å². The first-order chi connectivity index (χ1) is 9.51. The second-order valence-electron chi connectivity index (χ2n) is 4.10. The molecule has 2 rings (SSSR count). The molecule has 0 unspecified atom stereocenters. The molecule has 0 aromatic heterocycles. The van der Waals surface area contributed by atoms with Crippen LogP contribution in [0.1, 0.15) is 11.1 Å². The molecule has 2 nitrogen and oxygen atoms in total. The molecule has 2 aromatic carbocycles. The second-order valence-corrected chi connectivity index (χ2v) is 4.95. The summed E-state index contributed by atoms with van der Waals surface area (Å²) in [4.78, 5) is 0. The van der Waals surface area contributed by atoms with Crippen LogP contribution in [0.25, 0.3) is 0 Å². The summed E-state index contributed by atoms with van der Waals surface area (Å²) in [5.41, 5.74) is 6.42. The fraction of sp³-hybridized carbons (Fsp3) is 0.143. The van der Waals surface area contributed by atoms with Gasteiger partial charge in [0.25, 0.3) is 0 Å². The summed E-state index contributed by atoms with van der Waals surface area (Å²) in [6.45, 7) is 0.0992. The second kappa shape index (κ2) is 6.39. The highest BCUT2D eigenvalue weighted by Gasteiger charge is 2.11. The van der Waals surface area contributed by atoms with Crippen molar-refractivity contribution in [3.05, 3.63) is 63.1 Å². The van der Waals surface area contributed by atoms with Crippen molar-refractivity contribution >= 4 is 23.2 Å². The molecule has 0 radical (unpaired) electrons. The number of rotatable bonds is 4. The number of halogens is 4. The van der Waals surface area contributed by atoms with Gasteiger partial charge in [0.15, 0.2) is 0 Å². The monoisotopic (exact) mass is 317 g/mol. The maximum atomic E-state index is 13.5. The molecular weight excluding hydrogens is 307 g/mol. The topological polar surface area (TPSA) is 35.2 Å². The Hall–Kier alpha value is -1.36. The predicted molar refractivity (Wildman–Crippen MR) is 75.0 cm³/mol. The van der Waals surface area contributed by atoms with Crippen LogP contribution in [0.4, 0.5) is 8.78 Å².